The molecule has 0 saturated heterocycles. The van der Waals surface area contributed by atoms with Crippen molar-refractivity contribution in [1.29, 1.82) is 0 Å². The molecule has 7 heteroatoms. The second kappa shape index (κ2) is 8.51. The van der Waals surface area contributed by atoms with E-state index in [1.165, 1.54) is 16.5 Å². The van der Waals surface area contributed by atoms with Gasteiger partial charge in [-0.1, -0.05) is 42.0 Å². The average molecular weight is 419 g/mol. The van der Waals surface area contributed by atoms with Gasteiger partial charge in [-0.3, -0.25) is 4.79 Å². The fraction of sp³-hybridized carbons (Fsp3) is 0.174. The van der Waals surface area contributed by atoms with Gasteiger partial charge < -0.3 is 15.7 Å². The minimum absolute atomic E-state index is 0.0489. The second-order valence-corrected chi connectivity index (χ2v) is 8.25. The van der Waals surface area contributed by atoms with Crippen molar-refractivity contribution in [3.8, 4) is 16.9 Å². The zero-order chi connectivity index (χ0) is 21.1. The van der Waals surface area contributed by atoms with Crippen LogP contribution in [0.25, 0.3) is 21.3 Å². The quantitative estimate of drug-likeness (QED) is 0.378. The molecule has 0 fully saturated rings. The third-order valence-corrected chi connectivity index (χ3v) is 5.84. The summed E-state index contributed by atoms with van der Waals surface area (Å²) in [5, 5.41) is 16.8. The summed E-state index contributed by atoms with van der Waals surface area (Å²) >= 11 is 1.64. The van der Waals surface area contributed by atoms with E-state index >= 15 is 0 Å². The monoisotopic (exact) mass is 418 g/mol. The number of hydrogen-bond acceptors (Lipinski definition) is 6. The molecule has 0 spiro atoms. The number of thiophene rings is 1. The van der Waals surface area contributed by atoms with Gasteiger partial charge in [-0.2, -0.15) is 0 Å². The topological polar surface area (TPSA) is 87.1 Å². The average Bonchev–Trinajstić information content (AvgIpc) is 3.07. The molecular weight excluding hydrogens is 396 g/mol. The minimum Gasteiger partial charge on any atom is -0.506 e. The largest absolute Gasteiger partial charge is 0.506 e. The summed E-state index contributed by atoms with van der Waals surface area (Å²) in [6, 6.07) is 15.1. The van der Waals surface area contributed by atoms with Crippen LogP contribution in [0, 0.1) is 13.8 Å². The smallest absolute Gasteiger partial charge is 0.226 e. The third kappa shape index (κ3) is 4.11. The molecule has 0 aliphatic rings. The molecule has 4 rings (SSSR count). The Morgan fingerprint density at radius 3 is 2.60 bits per heavy atom. The number of aromatic nitrogens is 2. The Labute approximate surface area is 178 Å². The summed E-state index contributed by atoms with van der Waals surface area (Å²) in [4.78, 5) is 23.2. The van der Waals surface area contributed by atoms with Crippen LogP contribution >= 0.6 is 11.3 Å². The van der Waals surface area contributed by atoms with Gasteiger partial charge in [0.2, 0.25) is 5.91 Å². The number of carbonyl (C=O) groups is 1. The summed E-state index contributed by atoms with van der Waals surface area (Å²) in [6.07, 6.45) is 1.78. The second-order valence-electron chi connectivity index (χ2n) is 7.04. The maximum atomic E-state index is 12.2. The van der Waals surface area contributed by atoms with E-state index in [1.807, 2.05) is 0 Å². The normalized spacial score (nSPS) is 10.9. The molecule has 0 atom stereocenters. The summed E-state index contributed by atoms with van der Waals surface area (Å²) < 4.78 is 0. The highest BCUT2D eigenvalue weighted by atomic mass is 32.1. The molecule has 0 unspecified atom stereocenters. The Balaban J connectivity index is 1.52. The molecule has 2 aromatic heterocycles. The lowest BCUT2D eigenvalue weighted by Gasteiger charge is -2.10. The third-order valence-electron chi connectivity index (χ3n) is 4.83. The highest BCUT2D eigenvalue weighted by molar-refractivity contribution is 7.19. The number of phenols is 1. The Bertz CT molecular complexity index is 1200. The van der Waals surface area contributed by atoms with Gasteiger partial charge in [-0.15, -0.1) is 11.3 Å². The van der Waals surface area contributed by atoms with Crippen molar-refractivity contribution in [3.05, 3.63) is 65.3 Å². The molecule has 2 heterocycles. The van der Waals surface area contributed by atoms with Crippen molar-refractivity contribution in [1.82, 2.24) is 9.97 Å². The van der Waals surface area contributed by atoms with Gasteiger partial charge in [0.15, 0.2) is 0 Å². The standard InChI is InChI=1S/C23H22N4O2S/c1-14-7-9-16(10-8-14)20-15(2)30-23-21(20)22(25-13-26-23)24-12-11-19(29)27-17-5-3-4-6-18(17)28/h3-10,13,28H,11-12H2,1-2H3,(H,27,29)(H,24,25,26). The summed E-state index contributed by atoms with van der Waals surface area (Å²) in [7, 11) is 0. The molecule has 2 aromatic carbocycles. The number of phenolic OH excluding ortho intramolecular Hbond substituents is 1. The van der Waals surface area contributed by atoms with Crippen LogP contribution in [-0.2, 0) is 4.79 Å². The number of anilines is 2. The van der Waals surface area contributed by atoms with Gasteiger partial charge in [0.05, 0.1) is 11.1 Å². The van der Waals surface area contributed by atoms with E-state index in [-0.39, 0.29) is 18.1 Å². The van der Waals surface area contributed by atoms with E-state index in [0.717, 1.165) is 27.2 Å². The first-order chi connectivity index (χ1) is 14.5. The van der Waals surface area contributed by atoms with Crippen molar-refractivity contribution in [3.63, 3.8) is 0 Å². The van der Waals surface area contributed by atoms with Crippen molar-refractivity contribution in [2.75, 3.05) is 17.2 Å². The number of nitrogens with zero attached hydrogens (tertiary/aromatic N) is 2. The number of fused-ring (bicyclic) bond motifs is 1. The zero-order valence-corrected chi connectivity index (χ0v) is 17.6. The fourth-order valence-electron chi connectivity index (χ4n) is 3.33. The predicted octanol–water partition coefficient (Wildman–Crippen LogP) is 5.12. The van der Waals surface area contributed by atoms with Gasteiger partial charge in [-0.05, 0) is 31.5 Å². The van der Waals surface area contributed by atoms with Crippen LogP contribution in [0.4, 0.5) is 11.5 Å². The van der Waals surface area contributed by atoms with Crippen molar-refractivity contribution < 1.29 is 9.90 Å². The van der Waals surface area contributed by atoms with Crippen LogP contribution < -0.4 is 10.6 Å². The van der Waals surface area contributed by atoms with E-state index in [2.05, 4.69) is 58.7 Å². The van der Waals surface area contributed by atoms with Gasteiger partial charge in [0.25, 0.3) is 0 Å². The lowest BCUT2D eigenvalue weighted by atomic mass is 10.0. The molecule has 6 nitrogen and oxygen atoms in total. The lowest BCUT2D eigenvalue weighted by molar-refractivity contribution is -0.116. The number of benzene rings is 2. The van der Waals surface area contributed by atoms with Crippen LogP contribution in [-0.4, -0.2) is 27.5 Å². The summed E-state index contributed by atoms with van der Waals surface area (Å²) in [5.74, 6) is 0.581. The number of nitrogens with one attached hydrogen (secondary N) is 2. The Hall–Kier alpha value is -3.45. The SMILES string of the molecule is Cc1ccc(-c2c(C)sc3ncnc(NCCC(=O)Nc4ccccc4O)c23)cc1. The minimum atomic E-state index is -0.186. The molecule has 4 aromatic rings. The summed E-state index contributed by atoms with van der Waals surface area (Å²) in [5.41, 5.74) is 3.86. The van der Waals surface area contributed by atoms with E-state index < -0.39 is 0 Å². The van der Waals surface area contributed by atoms with Gasteiger partial charge in [0.1, 0.15) is 22.7 Å². The van der Waals surface area contributed by atoms with Gasteiger partial charge in [0, 0.05) is 23.4 Å². The van der Waals surface area contributed by atoms with Gasteiger partial charge >= 0.3 is 0 Å². The molecule has 152 valence electrons. The number of rotatable bonds is 6. The van der Waals surface area contributed by atoms with E-state index in [0.29, 0.717) is 12.2 Å². The maximum absolute atomic E-state index is 12.2. The number of amides is 1. The molecule has 0 aliphatic heterocycles. The van der Waals surface area contributed by atoms with Crippen LogP contribution in [0.15, 0.2) is 54.9 Å². The molecule has 3 N–H and O–H groups in total. The zero-order valence-electron chi connectivity index (χ0n) is 16.8. The molecule has 1 amide bonds. The molecule has 0 saturated carbocycles. The first kappa shape index (κ1) is 19.8. The molecule has 30 heavy (non-hydrogen) atoms. The molecule has 0 radical (unpaired) electrons. The van der Waals surface area contributed by atoms with E-state index in [1.54, 1.807) is 35.9 Å². The number of hydrogen-bond donors (Lipinski definition) is 3. The number of para-hydroxylation sites is 2. The Morgan fingerprint density at radius 2 is 1.83 bits per heavy atom. The van der Waals surface area contributed by atoms with Crippen LogP contribution in [0.1, 0.15) is 16.9 Å². The van der Waals surface area contributed by atoms with Gasteiger partial charge in [-0.25, -0.2) is 9.97 Å². The Morgan fingerprint density at radius 1 is 1.07 bits per heavy atom. The van der Waals surface area contributed by atoms with Crippen LogP contribution in [0.2, 0.25) is 0 Å². The molecule has 0 aliphatic carbocycles. The van der Waals surface area contributed by atoms with E-state index in [4.69, 9.17) is 0 Å². The predicted molar refractivity (Wildman–Crippen MR) is 122 cm³/mol. The van der Waals surface area contributed by atoms with E-state index in [9.17, 15) is 9.90 Å². The Kier molecular flexibility index (Phi) is 5.63. The highest BCUT2D eigenvalue weighted by Gasteiger charge is 2.17. The first-order valence-corrected chi connectivity index (χ1v) is 10.5. The first-order valence-electron chi connectivity index (χ1n) is 9.66. The van der Waals surface area contributed by atoms with Crippen molar-refractivity contribution >= 4 is 39.0 Å². The fourth-order valence-corrected chi connectivity index (χ4v) is 4.35. The van der Waals surface area contributed by atoms with Crippen molar-refractivity contribution in [2.45, 2.75) is 20.3 Å². The maximum Gasteiger partial charge on any atom is 0.226 e. The highest BCUT2D eigenvalue weighted by Crippen LogP contribution is 2.40. The summed E-state index contributed by atoms with van der Waals surface area (Å²) in [6.45, 7) is 4.57. The van der Waals surface area contributed by atoms with Crippen LogP contribution in [0.3, 0.4) is 0 Å². The molecular formula is C23H22N4O2S. The lowest BCUT2D eigenvalue weighted by Crippen LogP contribution is -2.16. The number of carbonyl (C=O) groups excluding carboxylic acids is 1. The molecule has 0 bridgehead atoms. The van der Waals surface area contributed by atoms with Crippen LogP contribution in [0.5, 0.6) is 5.75 Å². The van der Waals surface area contributed by atoms with Crippen molar-refractivity contribution in [2.24, 2.45) is 0 Å². The number of aromatic hydroxyl groups is 1. The number of aryl methyl sites for hydroxylation is 2.